The average molecular weight is 547 g/mol. The van der Waals surface area contributed by atoms with Crippen molar-refractivity contribution in [2.45, 2.75) is 82.1 Å². The van der Waals surface area contributed by atoms with E-state index < -0.39 is 0 Å². The van der Waals surface area contributed by atoms with Crippen LogP contribution in [0.15, 0.2) is 48.5 Å². The second-order valence-electron chi connectivity index (χ2n) is 12.4. The Labute approximate surface area is 241 Å². The van der Waals surface area contributed by atoms with E-state index in [1.807, 2.05) is 6.07 Å². The molecule has 2 fully saturated rings. The second kappa shape index (κ2) is 10.2. The maximum absolute atomic E-state index is 6.49. The molecule has 2 aromatic carbocycles. The summed E-state index contributed by atoms with van der Waals surface area (Å²) < 4.78 is 1.70. The molecule has 0 amide bonds. The highest BCUT2D eigenvalue weighted by Crippen LogP contribution is 2.53. The van der Waals surface area contributed by atoms with Gasteiger partial charge in [0, 0.05) is 22.9 Å². The smallest absolute Gasteiger partial charge is 0.248 e. The molecular formula is C33H38N8. The lowest BCUT2D eigenvalue weighted by Gasteiger charge is -2.39. The Bertz CT molecular complexity index is 1560. The number of likely N-dealkylation sites (tertiary alicyclic amines) is 1. The fourth-order valence-corrected chi connectivity index (χ4v) is 8.01. The van der Waals surface area contributed by atoms with Gasteiger partial charge in [-0.15, -0.1) is 15.3 Å². The van der Waals surface area contributed by atoms with E-state index >= 15 is 0 Å². The van der Waals surface area contributed by atoms with Crippen molar-refractivity contribution in [2.24, 2.45) is 0 Å². The van der Waals surface area contributed by atoms with Gasteiger partial charge in [0.15, 0.2) is 5.82 Å². The van der Waals surface area contributed by atoms with Crippen molar-refractivity contribution >= 4 is 17.6 Å². The average Bonchev–Trinajstić information content (AvgIpc) is 3.63. The predicted octanol–water partition coefficient (Wildman–Crippen LogP) is 6.15. The van der Waals surface area contributed by atoms with E-state index in [2.05, 4.69) is 57.7 Å². The Morgan fingerprint density at radius 3 is 2.29 bits per heavy atom. The summed E-state index contributed by atoms with van der Waals surface area (Å²) in [4.78, 5) is 7.33. The summed E-state index contributed by atoms with van der Waals surface area (Å²) in [6.07, 6.45) is 12.3. The maximum atomic E-state index is 6.49. The van der Waals surface area contributed by atoms with Crippen LogP contribution < -0.4 is 11.1 Å². The zero-order valence-electron chi connectivity index (χ0n) is 23.6. The van der Waals surface area contributed by atoms with Crippen LogP contribution in [0.25, 0.3) is 17.1 Å². The van der Waals surface area contributed by atoms with Crippen LogP contribution in [-0.4, -0.2) is 49.0 Å². The largest absolute Gasteiger partial charge is 0.368 e. The molecule has 8 heteroatoms. The monoisotopic (exact) mass is 546 g/mol. The summed E-state index contributed by atoms with van der Waals surface area (Å²) in [5.41, 5.74) is 15.2. The number of benzene rings is 2. The van der Waals surface area contributed by atoms with Crippen LogP contribution in [0, 0.1) is 0 Å². The molecule has 210 valence electrons. The molecule has 2 bridgehead atoms. The fraction of sp³-hybridized carbons (Fsp3) is 0.455. The molecule has 1 saturated carbocycles. The van der Waals surface area contributed by atoms with E-state index in [1.54, 1.807) is 4.68 Å². The van der Waals surface area contributed by atoms with Crippen LogP contribution in [0.2, 0.25) is 0 Å². The summed E-state index contributed by atoms with van der Waals surface area (Å²) in [6, 6.07) is 17.9. The number of anilines is 3. The lowest BCUT2D eigenvalue weighted by Crippen LogP contribution is -2.32. The van der Waals surface area contributed by atoms with Gasteiger partial charge < -0.3 is 16.0 Å². The lowest BCUT2D eigenvalue weighted by molar-refractivity contribution is 0.222. The summed E-state index contributed by atoms with van der Waals surface area (Å²) >= 11 is 0. The Morgan fingerprint density at radius 1 is 0.780 bits per heavy atom. The zero-order chi connectivity index (χ0) is 27.3. The third-order valence-electron chi connectivity index (χ3n) is 10.1. The van der Waals surface area contributed by atoms with Crippen molar-refractivity contribution in [3.63, 3.8) is 0 Å². The molecule has 3 heterocycles. The van der Waals surface area contributed by atoms with E-state index in [0.717, 1.165) is 35.6 Å². The molecule has 2 aromatic heterocycles. The summed E-state index contributed by atoms with van der Waals surface area (Å²) in [5, 5.41) is 17.8. The highest BCUT2D eigenvalue weighted by Gasteiger charge is 2.39. The van der Waals surface area contributed by atoms with Crippen molar-refractivity contribution in [1.29, 1.82) is 0 Å². The Hall–Kier alpha value is -3.78. The van der Waals surface area contributed by atoms with Gasteiger partial charge in [-0.3, -0.25) is 0 Å². The number of nitrogens with one attached hydrogen (secondary N) is 1. The number of aromatic nitrogens is 5. The normalized spacial score (nSPS) is 23.7. The number of nitrogens with zero attached hydrogens (tertiary/aromatic N) is 6. The topological polar surface area (TPSA) is 97.8 Å². The van der Waals surface area contributed by atoms with E-state index in [-0.39, 0.29) is 0 Å². The van der Waals surface area contributed by atoms with Crippen LogP contribution in [0.5, 0.6) is 0 Å². The number of nitrogens with two attached hydrogens (primary N) is 1. The molecule has 1 atom stereocenters. The number of aryl methyl sites for hydroxylation is 2. The standard InChI is InChI=1S/C33H38N8/c34-32-36-33(35-26-15-12-21-13-16-27(17-14-25(21)20-26)40-18-4-5-19-40)39-41(32)31-29-23-10-8-22(9-11-23)28(29)30(37-38-31)24-6-2-1-3-7-24/h1-3,6-7,12,15,20,22-23,27H,4-5,8-11,13-14,16-19H2,(H3,34,35,36,39). The maximum Gasteiger partial charge on any atom is 0.248 e. The minimum atomic E-state index is 0.334. The molecule has 5 aliphatic rings. The number of fused-ring (bicyclic) bond motifs is 3. The third kappa shape index (κ3) is 4.49. The molecule has 9 rings (SSSR count). The first kappa shape index (κ1) is 25.0. The van der Waals surface area contributed by atoms with E-state index in [4.69, 9.17) is 21.0 Å². The van der Waals surface area contributed by atoms with Gasteiger partial charge in [-0.1, -0.05) is 36.4 Å². The molecule has 1 unspecified atom stereocenters. The quantitative estimate of drug-likeness (QED) is 0.290. The van der Waals surface area contributed by atoms with Gasteiger partial charge in [-0.05, 0) is 118 Å². The Balaban J connectivity index is 1.09. The number of hydrogen-bond acceptors (Lipinski definition) is 7. The van der Waals surface area contributed by atoms with Crippen LogP contribution in [-0.2, 0) is 12.8 Å². The molecule has 0 spiro atoms. The molecule has 41 heavy (non-hydrogen) atoms. The number of rotatable bonds is 5. The lowest BCUT2D eigenvalue weighted by atomic mass is 9.66. The highest BCUT2D eigenvalue weighted by atomic mass is 15.5. The number of nitrogen functional groups attached to an aromatic ring is 1. The molecule has 4 aliphatic carbocycles. The van der Waals surface area contributed by atoms with E-state index in [9.17, 15) is 0 Å². The van der Waals surface area contributed by atoms with Crippen LogP contribution in [0.3, 0.4) is 0 Å². The van der Waals surface area contributed by atoms with Crippen LogP contribution in [0.1, 0.15) is 85.5 Å². The summed E-state index contributed by atoms with van der Waals surface area (Å²) in [6.45, 7) is 2.54. The first-order valence-electron chi connectivity index (χ1n) is 15.5. The van der Waals surface area contributed by atoms with E-state index in [1.165, 1.54) is 86.7 Å². The molecule has 1 aliphatic heterocycles. The Kier molecular flexibility index (Phi) is 6.24. The molecule has 8 nitrogen and oxygen atoms in total. The van der Waals surface area contributed by atoms with Gasteiger partial charge in [-0.25, -0.2) is 0 Å². The second-order valence-corrected chi connectivity index (χ2v) is 12.4. The first-order valence-corrected chi connectivity index (χ1v) is 15.5. The van der Waals surface area contributed by atoms with Crippen LogP contribution in [0.4, 0.5) is 17.6 Å². The first-order chi connectivity index (χ1) is 20.2. The van der Waals surface area contributed by atoms with Gasteiger partial charge in [-0.2, -0.15) is 9.67 Å². The molecular weight excluding hydrogens is 508 g/mol. The predicted molar refractivity (Wildman–Crippen MR) is 162 cm³/mol. The minimum Gasteiger partial charge on any atom is -0.368 e. The van der Waals surface area contributed by atoms with Crippen LogP contribution >= 0.6 is 0 Å². The van der Waals surface area contributed by atoms with Crippen molar-refractivity contribution in [2.75, 3.05) is 24.1 Å². The minimum absolute atomic E-state index is 0.334. The Morgan fingerprint density at radius 2 is 1.51 bits per heavy atom. The fourth-order valence-electron chi connectivity index (χ4n) is 8.01. The van der Waals surface area contributed by atoms with Gasteiger partial charge in [0.1, 0.15) is 0 Å². The van der Waals surface area contributed by atoms with Gasteiger partial charge >= 0.3 is 0 Å². The number of hydrogen-bond donors (Lipinski definition) is 2. The highest BCUT2D eigenvalue weighted by molar-refractivity contribution is 5.69. The summed E-state index contributed by atoms with van der Waals surface area (Å²) in [5.74, 6) is 2.53. The van der Waals surface area contributed by atoms with E-state index in [0.29, 0.717) is 29.8 Å². The van der Waals surface area contributed by atoms with Crippen molar-refractivity contribution in [1.82, 2.24) is 29.9 Å². The zero-order valence-corrected chi connectivity index (χ0v) is 23.6. The van der Waals surface area contributed by atoms with Gasteiger partial charge in [0.05, 0.1) is 5.69 Å². The van der Waals surface area contributed by atoms with Gasteiger partial charge in [0.2, 0.25) is 11.9 Å². The molecule has 1 saturated heterocycles. The summed E-state index contributed by atoms with van der Waals surface area (Å²) in [7, 11) is 0. The van der Waals surface area contributed by atoms with Crippen molar-refractivity contribution < 1.29 is 0 Å². The molecule has 0 radical (unpaired) electrons. The van der Waals surface area contributed by atoms with Crippen molar-refractivity contribution in [3.8, 4) is 17.1 Å². The van der Waals surface area contributed by atoms with Crippen molar-refractivity contribution in [3.05, 3.63) is 70.8 Å². The molecule has 4 aromatic rings. The van der Waals surface area contributed by atoms with Gasteiger partial charge in [0.25, 0.3) is 0 Å². The molecule has 3 N–H and O–H groups in total. The SMILES string of the molecule is Nc1nc(Nc2ccc3c(c2)CCC(N2CCCC2)CC3)nn1-c1nnc(-c2ccccc2)c2c1C1CCC2CC1. The third-order valence-corrected chi connectivity index (χ3v) is 10.1.